The lowest BCUT2D eigenvalue weighted by Crippen LogP contribution is -2.15. The van der Waals surface area contributed by atoms with Crippen molar-refractivity contribution in [3.05, 3.63) is 59.9 Å². The number of nitrogens with one attached hydrogen (secondary N) is 1. The number of benzene rings is 2. The molecule has 1 N–H and O–H groups in total. The highest BCUT2D eigenvalue weighted by molar-refractivity contribution is 7.99. The first-order valence-corrected chi connectivity index (χ1v) is 14.8. The Labute approximate surface area is 231 Å². The van der Waals surface area contributed by atoms with Crippen LogP contribution in [-0.4, -0.2) is 51.9 Å². The maximum absolute atomic E-state index is 5.16. The lowest BCUT2D eigenvalue weighted by molar-refractivity contribution is 0.394. The van der Waals surface area contributed by atoms with E-state index in [1.807, 2.05) is 18.2 Å². The molecule has 3 aromatic heterocycles. The summed E-state index contributed by atoms with van der Waals surface area (Å²) in [6.45, 7) is 11.8. The Kier molecular flexibility index (Phi) is 7.80. The van der Waals surface area contributed by atoms with E-state index in [0.717, 1.165) is 61.5 Å². The summed E-state index contributed by atoms with van der Waals surface area (Å²) in [5, 5.41) is 25.7. The number of rotatable bonds is 9. The summed E-state index contributed by atoms with van der Waals surface area (Å²) in [5.41, 5.74) is 6.48. The van der Waals surface area contributed by atoms with Crippen molar-refractivity contribution in [3.63, 3.8) is 0 Å². The highest BCUT2D eigenvalue weighted by atomic mass is 32.2. The normalized spacial score (nSPS) is 11.9. The van der Waals surface area contributed by atoms with Crippen LogP contribution in [0.15, 0.2) is 58.6 Å². The van der Waals surface area contributed by atoms with Gasteiger partial charge in [0.15, 0.2) is 0 Å². The van der Waals surface area contributed by atoms with Crippen LogP contribution in [0.1, 0.15) is 46.0 Å². The Balaban J connectivity index is 1.56. The highest BCUT2D eigenvalue weighted by Crippen LogP contribution is 2.35. The first kappa shape index (κ1) is 26.4. The smallest absolute Gasteiger partial charge is 0.205 e. The van der Waals surface area contributed by atoms with E-state index >= 15 is 0 Å². The second-order valence-electron chi connectivity index (χ2n) is 10.2. The molecular weight excluding hydrogens is 512 g/mol. The van der Waals surface area contributed by atoms with Gasteiger partial charge < -0.3 is 4.57 Å². The SMILES string of the molecule is CCSc1nnc(SCC)c2c1nc(CC(C)(C)C)n2Cc1ccc(-c2ccccc2-c2nn[nH]n2)cc1. The molecule has 38 heavy (non-hydrogen) atoms. The zero-order chi connectivity index (χ0) is 26.7. The number of thioether (sulfide) groups is 2. The molecule has 5 rings (SSSR count). The van der Waals surface area contributed by atoms with E-state index in [2.05, 4.69) is 100 Å². The monoisotopic (exact) mass is 544 g/mol. The minimum absolute atomic E-state index is 0.0961. The predicted molar refractivity (Wildman–Crippen MR) is 155 cm³/mol. The van der Waals surface area contributed by atoms with Crippen molar-refractivity contribution in [2.24, 2.45) is 5.41 Å². The number of fused-ring (bicyclic) bond motifs is 1. The number of imidazole rings is 1. The molecule has 3 heterocycles. The van der Waals surface area contributed by atoms with E-state index in [0.29, 0.717) is 12.4 Å². The van der Waals surface area contributed by atoms with E-state index in [-0.39, 0.29) is 5.41 Å². The molecule has 10 heteroatoms. The van der Waals surface area contributed by atoms with Crippen LogP contribution in [0.4, 0.5) is 0 Å². The number of aromatic amines is 1. The molecule has 0 aliphatic rings. The number of nitrogens with zero attached hydrogens (tertiary/aromatic N) is 7. The van der Waals surface area contributed by atoms with E-state index in [4.69, 9.17) is 4.98 Å². The molecule has 0 unspecified atom stereocenters. The number of tetrazole rings is 1. The average Bonchev–Trinajstić information content (AvgIpc) is 3.55. The molecule has 0 atom stereocenters. The van der Waals surface area contributed by atoms with Crippen LogP contribution >= 0.6 is 23.5 Å². The summed E-state index contributed by atoms with van der Waals surface area (Å²) >= 11 is 3.43. The summed E-state index contributed by atoms with van der Waals surface area (Å²) in [5.74, 6) is 3.52. The first-order valence-electron chi connectivity index (χ1n) is 12.8. The molecule has 196 valence electrons. The molecule has 8 nitrogen and oxygen atoms in total. The van der Waals surface area contributed by atoms with Gasteiger partial charge in [-0.25, -0.2) is 4.98 Å². The Bertz CT molecular complexity index is 1520. The third-order valence-corrected chi connectivity index (χ3v) is 7.73. The van der Waals surface area contributed by atoms with Gasteiger partial charge in [0.25, 0.3) is 0 Å². The van der Waals surface area contributed by atoms with Crippen molar-refractivity contribution in [2.45, 2.75) is 57.6 Å². The fraction of sp³-hybridized carbons (Fsp3) is 0.357. The van der Waals surface area contributed by atoms with Crippen LogP contribution in [0, 0.1) is 5.41 Å². The van der Waals surface area contributed by atoms with Gasteiger partial charge >= 0.3 is 0 Å². The standard InChI is InChI=1S/C28H32N8S2/c1-6-37-26-23-24(27(33-32-26)38-7-2)36(22(29-23)16-28(3,4)5)17-18-12-14-19(15-13-18)20-10-8-9-11-21(20)25-30-34-35-31-25/h8-15H,6-7,16-17H2,1-5H3,(H,30,31,34,35). The van der Waals surface area contributed by atoms with Gasteiger partial charge in [-0.2, -0.15) is 5.21 Å². The number of hydrogen-bond acceptors (Lipinski definition) is 8. The predicted octanol–water partition coefficient (Wildman–Crippen LogP) is 6.53. The van der Waals surface area contributed by atoms with Gasteiger partial charge in [-0.05, 0) is 38.8 Å². The molecule has 2 aromatic carbocycles. The fourth-order valence-corrected chi connectivity index (χ4v) is 5.84. The zero-order valence-electron chi connectivity index (χ0n) is 22.4. The van der Waals surface area contributed by atoms with Crippen molar-refractivity contribution in [1.29, 1.82) is 0 Å². The molecular formula is C28H32N8S2. The quantitative estimate of drug-likeness (QED) is 0.209. The van der Waals surface area contributed by atoms with Gasteiger partial charge in [0.2, 0.25) is 5.82 Å². The molecule has 5 aromatic rings. The molecule has 0 bridgehead atoms. The number of aromatic nitrogens is 8. The second kappa shape index (κ2) is 11.2. The van der Waals surface area contributed by atoms with Crippen molar-refractivity contribution >= 4 is 34.6 Å². The molecule has 0 aliphatic carbocycles. The van der Waals surface area contributed by atoms with Crippen molar-refractivity contribution in [1.82, 2.24) is 40.4 Å². The maximum Gasteiger partial charge on any atom is 0.205 e. The summed E-state index contributed by atoms with van der Waals surface area (Å²) in [7, 11) is 0. The summed E-state index contributed by atoms with van der Waals surface area (Å²) in [6, 6.07) is 16.8. The Morgan fingerprint density at radius 2 is 1.53 bits per heavy atom. The van der Waals surface area contributed by atoms with Gasteiger partial charge in [-0.1, -0.05) is 83.1 Å². The minimum atomic E-state index is 0.0961. The van der Waals surface area contributed by atoms with Crippen LogP contribution < -0.4 is 0 Å². The largest absolute Gasteiger partial charge is 0.321 e. The molecule has 0 saturated heterocycles. The molecule has 0 spiro atoms. The van der Waals surface area contributed by atoms with Crippen molar-refractivity contribution < 1.29 is 0 Å². The Hall–Kier alpha value is -3.24. The molecule has 0 amide bonds. The third-order valence-electron chi connectivity index (χ3n) is 6.05. The summed E-state index contributed by atoms with van der Waals surface area (Å²) in [4.78, 5) is 5.16. The van der Waals surface area contributed by atoms with Crippen LogP contribution in [0.3, 0.4) is 0 Å². The Morgan fingerprint density at radius 3 is 2.18 bits per heavy atom. The highest BCUT2D eigenvalue weighted by Gasteiger charge is 2.23. The number of H-pyrrole nitrogens is 1. The van der Waals surface area contributed by atoms with Crippen molar-refractivity contribution in [2.75, 3.05) is 11.5 Å². The van der Waals surface area contributed by atoms with E-state index in [1.54, 1.807) is 23.5 Å². The van der Waals surface area contributed by atoms with E-state index in [1.165, 1.54) is 5.56 Å². The van der Waals surface area contributed by atoms with Gasteiger partial charge in [-0.3, -0.25) is 0 Å². The van der Waals surface area contributed by atoms with Crippen LogP contribution in [0.5, 0.6) is 0 Å². The zero-order valence-corrected chi connectivity index (χ0v) is 24.0. The summed E-state index contributed by atoms with van der Waals surface area (Å²) < 4.78 is 2.36. The van der Waals surface area contributed by atoms with Crippen LogP contribution in [-0.2, 0) is 13.0 Å². The van der Waals surface area contributed by atoms with E-state index < -0.39 is 0 Å². The number of hydrogen-bond donors (Lipinski definition) is 1. The van der Waals surface area contributed by atoms with Crippen LogP contribution in [0.25, 0.3) is 33.5 Å². The first-order chi connectivity index (χ1) is 18.4. The second-order valence-corrected chi connectivity index (χ2v) is 12.7. The molecule has 0 aliphatic heterocycles. The molecule has 0 radical (unpaired) electrons. The fourth-order valence-electron chi connectivity index (χ4n) is 4.48. The van der Waals surface area contributed by atoms with Crippen molar-refractivity contribution in [3.8, 4) is 22.5 Å². The van der Waals surface area contributed by atoms with Gasteiger partial charge in [0.1, 0.15) is 26.9 Å². The topological polar surface area (TPSA) is 98.1 Å². The summed E-state index contributed by atoms with van der Waals surface area (Å²) in [6.07, 6.45) is 0.865. The molecule has 0 fully saturated rings. The van der Waals surface area contributed by atoms with Gasteiger partial charge in [-0.15, -0.1) is 43.9 Å². The van der Waals surface area contributed by atoms with Crippen LogP contribution in [0.2, 0.25) is 0 Å². The third kappa shape index (κ3) is 5.61. The molecule has 0 saturated carbocycles. The van der Waals surface area contributed by atoms with E-state index in [9.17, 15) is 0 Å². The maximum atomic E-state index is 5.16. The minimum Gasteiger partial charge on any atom is -0.321 e. The van der Waals surface area contributed by atoms with Gasteiger partial charge in [0, 0.05) is 18.5 Å². The lowest BCUT2D eigenvalue weighted by atomic mass is 9.92. The average molecular weight is 545 g/mol. The lowest BCUT2D eigenvalue weighted by Gasteiger charge is -2.19. The van der Waals surface area contributed by atoms with Gasteiger partial charge in [0.05, 0.1) is 0 Å². The Morgan fingerprint density at radius 1 is 0.842 bits per heavy atom.